The fourth-order valence-electron chi connectivity index (χ4n) is 9.44. The van der Waals surface area contributed by atoms with Gasteiger partial charge in [-0.3, -0.25) is 18.7 Å². The first-order chi connectivity index (χ1) is 32.9. The number of aromatic nitrogens is 2. The highest BCUT2D eigenvalue weighted by atomic mass is 35.5. The third-order valence-electron chi connectivity index (χ3n) is 12.4. The topological polar surface area (TPSA) is 77.7 Å². The average molecular weight is 940 g/mol. The van der Waals surface area contributed by atoms with Crippen molar-refractivity contribution in [1.29, 1.82) is 0 Å². The first-order valence-electron chi connectivity index (χ1n) is 22.5. The Labute approximate surface area is 405 Å². The summed E-state index contributed by atoms with van der Waals surface area (Å²) in [7, 11) is 0. The number of benzene rings is 6. The Morgan fingerprint density at radius 3 is 1.59 bits per heavy atom. The molecule has 12 heteroatoms. The van der Waals surface area contributed by atoms with Crippen LogP contribution in [0.1, 0.15) is 27.7 Å². The van der Waals surface area contributed by atoms with Gasteiger partial charge >= 0.3 is 0 Å². The Kier molecular flexibility index (Phi) is 13.2. The summed E-state index contributed by atoms with van der Waals surface area (Å²) in [6.07, 6.45) is 4.11. The molecule has 4 atom stereocenters. The van der Waals surface area contributed by atoms with Crippen LogP contribution in [-0.4, -0.2) is 59.7 Å². The zero-order valence-electron chi connectivity index (χ0n) is 38.1. The molecule has 0 bridgehead atoms. The summed E-state index contributed by atoms with van der Waals surface area (Å²) in [5.74, 6) is 0. The summed E-state index contributed by atoms with van der Waals surface area (Å²) in [5, 5.41) is 3.80. The van der Waals surface area contributed by atoms with Crippen molar-refractivity contribution in [3.05, 3.63) is 199 Å². The van der Waals surface area contributed by atoms with E-state index in [9.17, 15) is 9.59 Å². The minimum Gasteiger partial charge on any atom is -0.372 e. The summed E-state index contributed by atoms with van der Waals surface area (Å²) in [4.78, 5) is 38.4. The molecule has 0 saturated carbocycles. The zero-order valence-corrected chi connectivity index (χ0v) is 39.6. The van der Waals surface area contributed by atoms with Gasteiger partial charge in [-0.15, -0.1) is 0 Å². The molecule has 0 radical (unpaired) electrons. The van der Waals surface area contributed by atoms with Crippen LogP contribution in [0.15, 0.2) is 155 Å². The maximum atomic E-state index is 13.5. The number of morpholine rings is 2. The van der Waals surface area contributed by atoms with E-state index in [1.54, 1.807) is 47.2 Å². The molecule has 0 amide bonds. The number of fused-ring (bicyclic) bond motifs is 2. The molecule has 0 spiro atoms. The standard InChI is InChI=1S/C28H23Cl2N3O2.C28H25N3O2/c1-17-14-32(15-18(2)35-17)26-12-11-21(13-24(26)29)33-16-25(30)27-22(5-4-6-23(27)28(33)34)19-7-9-20(31-3)10-8-19;1-19-17-30(18-20(2)33-19)23-11-13-24(14-12-23)31-16-15-26-25(5-4-6-27(26)28(31)32)21-7-9-22(29-3)10-8-21/h4-13,16-18H,14-15H2,1-2H3;4-16,19-20H,17-18H2,1-2H3/t17-,18+;19-,20+. The van der Waals surface area contributed by atoms with Crippen molar-refractivity contribution in [2.24, 2.45) is 0 Å². The molecular formula is C56H48Cl2N6O4. The van der Waals surface area contributed by atoms with Crippen LogP contribution in [0.3, 0.4) is 0 Å². The van der Waals surface area contributed by atoms with E-state index in [2.05, 4.69) is 59.3 Å². The van der Waals surface area contributed by atoms with Crippen molar-refractivity contribution in [3.63, 3.8) is 0 Å². The molecule has 0 aliphatic carbocycles. The third kappa shape index (κ3) is 9.38. The van der Waals surface area contributed by atoms with E-state index >= 15 is 0 Å². The van der Waals surface area contributed by atoms with Gasteiger partial charge in [0.1, 0.15) is 0 Å². The molecule has 6 aromatic carbocycles. The number of hydrogen-bond acceptors (Lipinski definition) is 6. The quantitative estimate of drug-likeness (QED) is 0.155. The Morgan fingerprint density at radius 1 is 0.515 bits per heavy atom. The van der Waals surface area contributed by atoms with E-state index in [4.69, 9.17) is 45.8 Å². The van der Waals surface area contributed by atoms with E-state index in [1.807, 2.05) is 91.1 Å². The second-order valence-electron chi connectivity index (χ2n) is 17.4. The number of pyridine rings is 2. The van der Waals surface area contributed by atoms with Gasteiger partial charge < -0.3 is 19.3 Å². The molecule has 2 fully saturated rings. The molecule has 0 N–H and O–H groups in total. The van der Waals surface area contributed by atoms with Gasteiger partial charge in [0, 0.05) is 66.1 Å². The summed E-state index contributed by atoms with van der Waals surface area (Å²) in [6, 6.07) is 41.9. The van der Waals surface area contributed by atoms with Crippen LogP contribution in [0.2, 0.25) is 10.0 Å². The minimum absolute atomic E-state index is 0.0477. The lowest BCUT2D eigenvalue weighted by molar-refractivity contribution is -0.00548. The highest BCUT2D eigenvalue weighted by Gasteiger charge is 2.25. The molecule has 4 heterocycles. The van der Waals surface area contributed by atoms with E-state index in [1.165, 1.54) is 4.57 Å². The maximum absolute atomic E-state index is 13.5. The van der Waals surface area contributed by atoms with E-state index in [0.29, 0.717) is 43.3 Å². The Balaban J connectivity index is 0.000000170. The van der Waals surface area contributed by atoms with Crippen molar-refractivity contribution in [1.82, 2.24) is 9.13 Å². The summed E-state index contributed by atoms with van der Waals surface area (Å²) >= 11 is 13.5. The fourth-order valence-corrected chi connectivity index (χ4v) is 10.0. The smallest absolute Gasteiger partial charge is 0.263 e. The lowest BCUT2D eigenvalue weighted by Gasteiger charge is -2.37. The number of ether oxygens (including phenoxy) is 2. The van der Waals surface area contributed by atoms with Gasteiger partial charge in [0.25, 0.3) is 11.1 Å². The van der Waals surface area contributed by atoms with Crippen LogP contribution < -0.4 is 20.9 Å². The molecular weight excluding hydrogens is 892 g/mol. The first-order valence-corrected chi connectivity index (χ1v) is 23.3. The van der Waals surface area contributed by atoms with Gasteiger partial charge in [0.2, 0.25) is 0 Å². The maximum Gasteiger partial charge on any atom is 0.263 e. The van der Waals surface area contributed by atoms with E-state index < -0.39 is 0 Å². The molecule has 10 nitrogen and oxygen atoms in total. The second kappa shape index (κ2) is 19.6. The Bertz CT molecular complexity index is 3360. The van der Waals surface area contributed by atoms with E-state index in [-0.39, 0.29) is 35.5 Å². The molecule has 2 aliphatic rings. The Hall–Kier alpha value is -7.18. The highest BCUT2D eigenvalue weighted by Crippen LogP contribution is 2.36. The van der Waals surface area contributed by atoms with Gasteiger partial charge in [-0.05, 0) is 116 Å². The lowest BCUT2D eigenvalue weighted by atomic mass is 9.99. The van der Waals surface area contributed by atoms with Gasteiger partial charge in [0.05, 0.1) is 59.0 Å². The summed E-state index contributed by atoms with van der Waals surface area (Å²) < 4.78 is 14.9. The van der Waals surface area contributed by atoms with Crippen LogP contribution in [0, 0.1) is 13.1 Å². The molecule has 2 aliphatic heterocycles. The fraction of sp³-hybridized carbons (Fsp3) is 0.214. The van der Waals surface area contributed by atoms with Crippen molar-refractivity contribution in [2.75, 3.05) is 36.0 Å². The third-order valence-corrected chi connectivity index (χ3v) is 13.0. The molecule has 0 unspecified atom stereocenters. The van der Waals surface area contributed by atoms with Gasteiger partial charge in [-0.25, -0.2) is 9.69 Å². The number of hydrogen-bond donors (Lipinski definition) is 0. The molecule has 8 aromatic rings. The molecule has 10 rings (SSSR count). The minimum atomic E-state index is -0.179. The SMILES string of the molecule is [C-]#[N+]c1ccc(-c2cccc3c(=O)n(-c4ccc(N5C[C@@H](C)O[C@@H](C)C5)c(Cl)c4)cc(Cl)c23)cc1.[C-]#[N+]c1ccc(-c2cccc3c(=O)n(-c4ccc(N5C[C@@H](C)O[C@@H](C)C5)cc4)ccc23)cc1. The van der Waals surface area contributed by atoms with Crippen molar-refractivity contribution >= 4 is 67.5 Å². The van der Waals surface area contributed by atoms with Gasteiger partial charge in [-0.1, -0.05) is 96.0 Å². The lowest BCUT2D eigenvalue weighted by Crippen LogP contribution is -2.45. The average Bonchev–Trinajstić information content (AvgIpc) is 3.34. The van der Waals surface area contributed by atoms with Crippen LogP contribution in [0.25, 0.3) is 64.9 Å². The normalized spacial score (nSPS) is 18.1. The molecule has 68 heavy (non-hydrogen) atoms. The van der Waals surface area contributed by atoms with Crippen LogP contribution in [0.4, 0.5) is 22.7 Å². The zero-order chi connectivity index (χ0) is 47.6. The summed E-state index contributed by atoms with van der Waals surface area (Å²) in [5.41, 5.74) is 8.19. The predicted octanol–water partition coefficient (Wildman–Crippen LogP) is 13.0. The summed E-state index contributed by atoms with van der Waals surface area (Å²) in [6.45, 7) is 25.8. The van der Waals surface area contributed by atoms with Gasteiger partial charge in [-0.2, -0.15) is 0 Å². The predicted molar refractivity (Wildman–Crippen MR) is 277 cm³/mol. The molecule has 2 saturated heterocycles. The Morgan fingerprint density at radius 2 is 1.01 bits per heavy atom. The van der Waals surface area contributed by atoms with Crippen molar-refractivity contribution in [2.45, 2.75) is 52.1 Å². The number of halogens is 2. The first kappa shape index (κ1) is 46.0. The van der Waals surface area contributed by atoms with Crippen LogP contribution in [-0.2, 0) is 9.47 Å². The van der Waals surface area contributed by atoms with Crippen LogP contribution in [0.5, 0.6) is 0 Å². The van der Waals surface area contributed by atoms with E-state index in [0.717, 1.165) is 70.9 Å². The highest BCUT2D eigenvalue weighted by molar-refractivity contribution is 6.36. The van der Waals surface area contributed by atoms with Crippen molar-refractivity contribution < 1.29 is 9.47 Å². The second-order valence-corrected chi connectivity index (χ2v) is 18.2. The molecule has 340 valence electrons. The van der Waals surface area contributed by atoms with Crippen molar-refractivity contribution in [3.8, 4) is 33.6 Å². The van der Waals surface area contributed by atoms with Gasteiger partial charge in [0.15, 0.2) is 11.4 Å². The van der Waals surface area contributed by atoms with Crippen LogP contribution >= 0.6 is 23.2 Å². The number of rotatable bonds is 6. The molecule has 2 aromatic heterocycles. The number of nitrogens with zero attached hydrogens (tertiary/aromatic N) is 6. The monoisotopic (exact) mass is 938 g/mol. The largest absolute Gasteiger partial charge is 0.372 e. The number of anilines is 2.